The van der Waals surface area contributed by atoms with Gasteiger partial charge < -0.3 is 4.74 Å². The summed E-state index contributed by atoms with van der Waals surface area (Å²) >= 11 is 0. The van der Waals surface area contributed by atoms with Crippen LogP contribution < -0.4 is 5.01 Å². The van der Waals surface area contributed by atoms with Crippen molar-refractivity contribution in [1.82, 2.24) is 15.0 Å². The standard InChI is InChI=1S/C16H13N5O2/c1-23-15-14(21-17-12-9-5-6-10-13(12)18-21)16(22)20(19-15)11-7-3-2-4-8-11/h2-10,14H,1H3. The second-order valence-electron chi connectivity index (χ2n) is 5.04. The van der Waals surface area contributed by atoms with E-state index in [0.29, 0.717) is 16.7 Å². The van der Waals surface area contributed by atoms with Crippen molar-refractivity contribution in [2.75, 3.05) is 12.1 Å². The molecule has 2 aromatic carbocycles. The highest BCUT2D eigenvalue weighted by Gasteiger charge is 2.41. The summed E-state index contributed by atoms with van der Waals surface area (Å²) in [6, 6.07) is 15.8. The molecular weight excluding hydrogens is 294 g/mol. The van der Waals surface area contributed by atoms with E-state index in [0.717, 1.165) is 0 Å². The van der Waals surface area contributed by atoms with Crippen LogP contribution in [0.5, 0.6) is 0 Å². The van der Waals surface area contributed by atoms with E-state index < -0.39 is 6.04 Å². The highest BCUT2D eigenvalue weighted by atomic mass is 16.5. The zero-order chi connectivity index (χ0) is 15.8. The Bertz CT molecular complexity index is 870. The molecule has 1 unspecified atom stereocenters. The summed E-state index contributed by atoms with van der Waals surface area (Å²) in [5, 5.41) is 14.3. The van der Waals surface area contributed by atoms with Crippen LogP contribution >= 0.6 is 0 Å². The quantitative estimate of drug-likeness (QED) is 0.725. The third kappa shape index (κ3) is 2.13. The molecule has 7 nitrogen and oxygen atoms in total. The van der Waals surface area contributed by atoms with Crippen molar-refractivity contribution < 1.29 is 9.53 Å². The Kier molecular flexibility index (Phi) is 3.04. The van der Waals surface area contributed by atoms with Crippen LogP contribution in [0, 0.1) is 0 Å². The third-order valence-electron chi connectivity index (χ3n) is 3.62. The van der Waals surface area contributed by atoms with Crippen molar-refractivity contribution in [2.45, 2.75) is 6.04 Å². The largest absolute Gasteiger partial charge is 0.481 e. The van der Waals surface area contributed by atoms with Crippen LogP contribution in [0.3, 0.4) is 0 Å². The minimum Gasteiger partial charge on any atom is -0.481 e. The van der Waals surface area contributed by atoms with Crippen molar-refractivity contribution in [3.8, 4) is 0 Å². The van der Waals surface area contributed by atoms with E-state index >= 15 is 0 Å². The lowest BCUT2D eigenvalue weighted by Crippen LogP contribution is -2.31. The van der Waals surface area contributed by atoms with Gasteiger partial charge in [-0.15, -0.1) is 5.10 Å². The first-order valence-electron chi connectivity index (χ1n) is 7.11. The first kappa shape index (κ1) is 13.4. The Balaban J connectivity index is 1.76. The van der Waals surface area contributed by atoms with E-state index in [1.807, 2.05) is 54.6 Å². The van der Waals surface area contributed by atoms with Crippen LogP contribution in [0.2, 0.25) is 0 Å². The van der Waals surface area contributed by atoms with Crippen LogP contribution in [-0.4, -0.2) is 33.9 Å². The first-order valence-corrected chi connectivity index (χ1v) is 7.11. The molecule has 0 N–H and O–H groups in total. The van der Waals surface area contributed by atoms with Gasteiger partial charge in [0, 0.05) is 0 Å². The Labute approximate surface area is 131 Å². The van der Waals surface area contributed by atoms with E-state index in [4.69, 9.17) is 4.74 Å². The molecule has 1 aliphatic heterocycles. The number of aromatic nitrogens is 3. The van der Waals surface area contributed by atoms with Gasteiger partial charge in [0.2, 0.25) is 11.9 Å². The summed E-state index contributed by atoms with van der Waals surface area (Å²) in [5.41, 5.74) is 2.11. The van der Waals surface area contributed by atoms with Gasteiger partial charge in [0.25, 0.3) is 5.91 Å². The zero-order valence-corrected chi connectivity index (χ0v) is 12.3. The molecule has 1 aromatic heterocycles. The number of anilines is 1. The van der Waals surface area contributed by atoms with Gasteiger partial charge in [-0.2, -0.15) is 20.0 Å². The highest BCUT2D eigenvalue weighted by Crippen LogP contribution is 2.26. The lowest BCUT2D eigenvalue weighted by Gasteiger charge is -2.12. The van der Waals surface area contributed by atoms with Crippen molar-refractivity contribution in [2.24, 2.45) is 5.10 Å². The van der Waals surface area contributed by atoms with Gasteiger partial charge in [-0.1, -0.05) is 30.3 Å². The maximum atomic E-state index is 12.8. The molecule has 0 bridgehead atoms. The number of ether oxygens (including phenoxy) is 1. The average Bonchev–Trinajstić information content (AvgIpc) is 3.15. The van der Waals surface area contributed by atoms with Crippen LogP contribution in [0.15, 0.2) is 59.7 Å². The van der Waals surface area contributed by atoms with Gasteiger partial charge in [0.1, 0.15) is 11.0 Å². The fourth-order valence-electron chi connectivity index (χ4n) is 2.52. The molecule has 0 fully saturated rings. The lowest BCUT2D eigenvalue weighted by molar-refractivity contribution is -0.119. The monoisotopic (exact) mass is 307 g/mol. The lowest BCUT2D eigenvalue weighted by atomic mass is 10.2. The number of nitrogens with zero attached hydrogens (tertiary/aromatic N) is 5. The van der Waals surface area contributed by atoms with Crippen LogP contribution in [-0.2, 0) is 9.53 Å². The van der Waals surface area contributed by atoms with E-state index in [-0.39, 0.29) is 11.8 Å². The number of carbonyl (C=O) groups excluding carboxylic acids is 1. The van der Waals surface area contributed by atoms with Crippen LogP contribution in [0.4, 0.5) is 5.69 Å². The molecule has 1 atom stereocenters. The van der Waals surface area contributed by atoms with Crippen molar-refractivity contribution >= 4 is 28.5 Å². The Morgan fingerprint density at radius 2 is 1.57 bits per heavy atom. The number of hydrogen-bond acceptors (Lipinski definition) is 5. The summed E-state index contributed by atoms with van der Waals surface area (Å²) in [5.74, 6) is 0.00696. The number of carbonyl (C=O) groups is 1. The molecule has 23 heavy (non-hydrogen) atoms. The van der Waals surface area contributed by atoms with Crippen LogP contribution in [0.25, 0.3) is 11.0 Å². The van der Waals surface area contributed by atoms with Gasteiger partial charge in [0.05, 0.1) is 12.8 Å². The minimum absolute atomic E-state index is 0.256. The smallest absolute Gasteiger partial charge is 0.283 e. The SMILES string of the molecule is COC1=NN(c2ccccc2)C(=O)C1n1nc2ccccc2n1. The normalized spacial score (nSPS) is 17.6. The summed E-state index contributed by atoms with van der Waals surface area (Å²) in [6.07, 6.45) is 0. The maximum absolute atomic E-state index is 12.8. The second kappa shape index (κ2) is 5.20. The Morgan fingerprint density at radius 3 is 2.17 bits per heavy atom. The van der Waals surface area contributed by atoms with Gasteiger partial charge in [-0.05, 0) is 24.3 Å². The van der Waals surface area contributed by atoms with Gasteiger partial charge in [0.15, 0.2) is 0 Å². The average molecular weight is 307 g/mol. The predicted molar refractivity (Wildman–Crippen MR) is 84.9 cm³/mol. The fraction of sp³-hybridized carbons (Fsp3) is 0.125. The number of para-hydroxylation sites is 1. The number of rotatable bonds is 2. The number of hydrazone groups is 1. The number of benzene rings is 2. The maximum Gasteiger partial charge on any atom is 0.283 e. The minimum atomic E-state index is -0.799. The molecule has 114 valence electrons. The van der Waals surface area contributed by atoms with Crippen molar-refractivity contribution in [3.05, 3.63) is 54.6 Å². The Hall–Kier alpha value is -3.22. The van der Waals surface area contributed by atoms with E-state index in [2.05, 4.69) is 15.3 Å². The highest BCUT2D eigenvalue weighted by molar-refractivity contribution is 6.14. The molecule has 0 spiro atoms. The van der Waals surface area contributed by atoms with Crippen LogP contribution in [0.1, 0.15) is 6.04 Å². The molecule has 3 aromatic rings. The van der Waals surface area contributed by atoms with E-state index in [1.165, 1.54) is 16.9 Å². The number of hydrogen-bond donors (Lipinski definition) is 0. The predicted octanol–water partition coefficient (Wildman–Crippen LogP) is 1.98. The van der Waals surface area contributed by atoms with Gasteiger partial charge in [-0.25, -0.2) is 0 Å². The van der Waals surface area contributed by atoms with Gasteiger partial charge in [-0.3, -0.25) is 4.79 Å². The van der Waals surface area contributed by atoms with E-state index in [1.54, 1.807) is 0 Å². The number of fused-ring (bicyclic) bond motifs is 1. The van der Waals surface area contributed by atoms with Crippen molar-refractivity contribution in [3.63, 3.8) is 0 Å². The van der Waals surface area contributed by atoms with E-state index in [9.17, 15) is 4.79 Å². The molecule has 0 saturated carbocycles. The van der Waals surface area contributed by atoms with Crippen molar-refractivity contribution in [1.29, 1.82) is 0 Å². The third-order valence-corrected chi connectivity index (χ3v) is 3.62. The number of amides is 1. The molecule has 1 aliphatic rings. The fourth-order valence-corrected chi connectivity index (χ4v) is 2.52. The summed E-state index contributed by atoms with van der Waals surface area (Å²) in [7, 11) is 1.48. The number of methoxy groups -OCH3 is 1. The first-order chi connectivity index (χ1) is 11.3. The summed E-state index contributed by atoms with van der Waals surface area (Å²) < 4.78 is 5.28. The molecule has 0 radical (unpaired) electrons. The molecule has 7 heteroatoms. The molecule has 2 heterocycles. The second-order valence-corrected chi connectivity index (χ2v) is 5.04. The van der Waals surface area contributed by atoms with Gasteiger partial charge >= 0.3 is 0 Å². The molecule has 0 saturated heterocycles. The zero-order valence-electron chi connectivity index (χ0n) is 12.3. The molecule has 4 rings (SSSR count). The molecular formula is C16H13N5O2. The summed E-state index contributed by atoms with van der Waals surface area (Å²) in [4.78, 5) is 14.1. The topological polar surface area (TPSA) is 72.6 Å². The molecule has 1 amide bonds. The summed E-state index contributed by atoms with van der Waals surface area (Å²) in [6.45, 7) is 0. The molecule has 0 aliphatic carbocycles. The Morgan fingerprint density at radius 1 is 0.957 bits per heavy atom.